The minimum atomic E-state index is 0.568. The summed E-state index contributed by atoms with van der Waals surface area (Å²) in [7, 11) is 0. The SMILES string of the molecule is C=COC(=C)/C=C/C(=C)C. The van der Waals surface area contributed by atoms with Crippen LogP contribution in [0.5, 0.6) is 0 Å². The Kier molecular flexibility index (Phi) is 4.05. The maximum Gasteiger partial charge on any atom is 0.119 e. The second kappa shape index (κ2) is 4.62. The van der Waals surface area contributed by atoms with Crippen molar-refractivity contribution in [3.63, 3.8) is 0 Å². The van der Waals surface area contributed by atoms with Crippen LogP contribution in [0.25, 0.3) is 0 Å². The fourth-order valence-corrected chi connectivity index (χ4v) is 0.382. The smallest absolute Gasteiger partial charge is 0.119 e. The van der Waals surface area contributed by atoms with Crippen LogP contribution in [0.15, 0.2) is 49.5 Å². The van der Waals surface area contributed by atoms with Crippen molar-refractivity contribution >= 4 is 0 Å². The van der Waals surface area contributed by atoms with Crippen LogP contribution in [0.2, 0.25) is 0 Å². The van der Waals surface area contributed by atoms with Crippen LogP contribution in [0.3, 0.4) is 0 Å². The van der Waals surface area contributed by atoms with Crippen LogP contribution >= 0.6 is 0 Å². The molecule has 0 bridgehead atoms. The summed E-state index contributed by atoms with van der Waals surface area (Å²) < 4.78 is 4.83. The van der Waals surface area contributed by atoms with Crippen LogP contribution < -0.4 is 0 Å². The van der Waals surface area contributed by atoms with E-state index in [1.165, 1.54) is 6.26 Å². The Bertz CT molecular complexity index is 175. The van der Waals surface area contributed by atoms with Gasteiger partial charge in [-0.15, -0.1) is 0 Å². The number of hydrogen-bond donors (Lipinski definition) is 0. The third-order valence-electron chi connectivity index (χ3n) is 0.788. The van der Waals surface area contributed by atoms with Crippen molar-refractivity contribution in [2.45, 2.75) is 6.92 Å². The summed E-state index contributed by atoms with van der Waals surface area (Å²) in [5.41, 5.74) is 0.966. The monoisotopic (exact) mass is 136 g/mol. The number of hydrogen-bond acceptors (Lipinski definition) is 1. The van der Waals surface area contributed by atoms with Gasteiger partial charge in [-0.1, -0.05) is 31.4 Å². The molecule has 0 aromatic carbocycles. The molecule has 0 N–H and O–H groups in total. The molecule has 1 nitrogen and oxygen atoms in total. The first-order valence-electron chi connectivity index (χ1n) is 2.97. The Hall–Kier alpha value is -1.24. The second-order valence-corrected chi connectivity index (χ2v) is 1.93. The molecule has 1 heteroatoms. The molecule has 0 fully saturated rings. The average molecular weight is 136 g/mol. The Balaban J connectivity index is 3.77. The summed E-state index contributed by atoms with van der Waals surface area (Å²) in [5, 5.41) is 0. The predicted molar refractivity (Wildman–Crippen MR) is 44.4 cm³/mol. The van der Waals surface area contributed by atoms with E-state index in [1.54, 1.807) is 6.08 Å². The lowest BCUT2D eigenvalue weighted by Crippen LogP contribution is -1.75. The highest BCUT2D eigenvalue weighted by molar-refractivity contribution is 5.19. The van der Waals surface area contributed by atoms with Crippen molar-refractivity contribution in [1.29, 1.82) is 0 Å². The molecule has 0 atom stereocenters. The molecule has 0 rings (SSSR count). The van der Waals surface area contributed by atoms with Gasteiger partial charge in [-0.2, -0.15) is 0 Å². The molecule has 0 aliphatic heterocycles. The standard InChI is InChI=1S/C9H12O/c1-5-10-9(4)7-6-8(2)3/h5-7H,1-2,4H2,3H3/b7-6+. The average Bonchev–Trinajstić information content (AvgIpc) is 1.85. The van der Waals surface area contributed by atoms with Gasteiger partial charge < -0.3 is 4.74 Å². The molecular formula is C9H12O. The van der Waals surface area contributed by atoms with E-state index in [-0.39, 0.29) is 0 Å². The quantitative estimate of drug-likeness (QED) is 0.426. The lowest BCUT2D eigenvalue weighted by molar-refractivity contribution is 0.372. The first kappa shape index (κ1) is 8.76. The van der Waals surface area contributed by atoms with E-state index < -0.39 is 0 Å². The topological polar surface area (TPSA) is 9.23 Å². The largest absolute Gasteiger partial charge is 0.466 e. The van der Waals surface area contributed by atoms with Crippen LogP contribution in [0, 0.1) is 0 Å². The van der Waals surface area contributed by atoms with Gasteiger partial charge in [0.1, 0.15) is 5.76 Å². The summed E-state index contributed by atoms with van der Waals surface area (Å²) in [5.74, 6) is 0.568. The van der Waals surface area contributed by atoms with E-state index in [9.17, 15) is 0 Å². The van der Waals surface area contributed by atoms with Crippen LogP contribution in [-0.2, 0) is 4.74 Å². The van der Waals surface area contributed by atoms with E-state index in [4.69, 9.17) is 4.74 Å². The second-order valence-electron chi connectivity index (χ2n) is 1.93. The molecule has 0 aromatic heterocycles. The molecule has 0 radical (unpaired) electrons. The molecule has 0 saturated heterocycles. The zero-order chi connectivity index (χ0) is 7.98. The Morgan fingerprint density at radius 2 is 1.90 bits per heavy atom. The maximum atomic E-state index is 4.83. The third kappa shape index (κ3) is 4.91. The van der Waals surface area contributed by atoms with Crippen LogP contribution in [0.4, 0.5) is 0 Å². The minimum absolute atomic E-state index is 0.568. The molecule has 0 aliphatic rings. The lowest BCUT2D eigenvalue weighted by Gasteiger charge is -1.95. The normalized spacial score (nSPS) is 9.30. The van der Waals surface area contributed by atoms with Gasteiger partial charge in [0.15, 0.2) is 0 Å². The summed E-state index contributed by atoms with van der Waals surface area (Å²) in [6, 6.07) is 0. The van der Waals surface area contributed by atoms with Gasteiger partial charge in [-0.05, 0) is 13.0 Å². The molecule has 0 aromatic rings. The fraction of sp³-hybridized carbons (Fsp3) is 0.111. The molecule has 54 valence electrons. The van der Waals surface area contributed by atoms with Crippen LogP contribution in [0.1, 0.15) is 6.92 Å². The number of allylic oxidation sites excluding steroid dienone is 3. The summed E-state index contributed by atoms with van der Waals surface area (Å²) in [6.45, 7) is 12.6. The van der Waals surface area contributed by atoms with E-state index in [0.717, 1.165) is 5.57 Å². The fourth-order valence-electron chi connectivity index (χ4n) is 0.382. The van der Waals surface area contributed by atoms with E-state index in [1.807, 2.05) is 13.0 Å². The zero-order valence-corrected chi connectivity index (χ0v) is 6.26. The number of rotatable bonds is 4. The van der Waals surface area contributed by atoms with E-state index >= 15 is 0 Å². The van der Waals surface area contributed by atoms with Crippen molar-refractivity contribution in [3.8, 4) is 0 Å². The van der Waals surface area contributed by atoms with E-state index in [2.05, 4.69) is 19.7 Å². The third-order valence-corrected chi connectivity index (χ3v) is 0.788. The van der Waals surface area contributed by atoms with Gasteiger partial charge in [0.2, 0.25) is 0 Å². The molecule has 0 unspecified atom stereocenters. The molecule has 0 heterocycles. The van der Waals surface area contributed by atoms with Crippen molar-refractivity contribution < 1.29 is 4.74 Å². The van der Waals surface area contributed by atoms with E-state index in [0.29, 0.717) is 5.76 Å². The predicted octanol–water partition coefficient (Wildman–Crippen LogP) is 2.79. The summed E-state index contributed by atoms with van der Waals surface area (Å²) in [4.78, 5) is 0. The minimum Gasteiger partial charge on any atom is -0.466 e. The molecule has 0 aliphatic carbocycles. The maximum absolute atomic E-state index is 4.83. The van der Waals surface area contributed by atoms with Crippen molar-refractivity contribution in [2.24, 2.45) is 0 Å². The van der Waals surface area contributed by atoms with Gasteiger partial charge >= 0.3 is 0 Å². The lowest BCUT2D eigenvalue weighted by atomic mass is 10.3. The zero-order valence-electron chi connectivity index (χ0n) is 6.26. The number of ether oxygens (including phenoxy) is 1. The van der Waals surface area contributed by atoms with Crippen molar-refractivity contribution in [2.75, 3.05) is 0 Å². The van der Waals surface area contributed by atoms with Crippen LogP contribution in [-0.4, -0.2) is 0 Å². The van der Waals surface area contributed by atoms with Gasteiger partial charge in [0, 0.05) is 0 Å². The van der Waals surface area contributed by atoms with Gasteiger partial charge in [0.25, 0.3) is 0 Å². The van der Waals surface area contributed by atoms with Gasteiger partial charge in [-0.3, -0.25) is 0 Å². The Morgan fingerprint density at radius 3 is 2.30 bits per heavy atom. The first-order chi connectivity index (χ1) is 4.66. The van der Waals surface area contributed by atoms with Crippen molar-refractivity contribution in [3.05, 3.63) is 49.5 Å². The Morgan fingerprint density at radius 1 is 1.30 bits per heavy atom. The highest BCUT2D eigenvalue weighted by Gasteiger charge is 1.81. The van der Waals surface area contributed by atoms with Gasteiger partial charge in [-0.25, -0.2) is 0 Å². The van der Waals surface area contributed by atoms with Gasteiger partial charge in [0.05, 0.1) is 6.26 Å². The molecule has 0 amide bonds. The molecule has 0 saturated carbocycles. The summed E-state index contributed by atoms with van der Waals surface area (Å²) in [6.07, 6.45) is 4.90. The van der Waals surface area contributed by atoms with Crippen molar-refractivity contribution in [1.82, 2.24) is 0 Å². The summed E-state index contributed by atoms with van der Waals surface area (Å²) >= 11 is 0. The highest BCUT2D eigenvalue weighted by Crippen LogP contribution is 1.98. The highest BCUT2D eigenvalue weighted by atomic mass is 16.5. The molecule has 0 spiro atoms. The first-order valence-corrected chi connectivity index (χ1v) is 2.97. The molecule has 10 heavy (non-hydrogen) atoms. The molecular weight excluding hydrogens is 124 g/mol. The Labute approximate surface area is 62.0 Å².